The molecule has 0 unspecified atom stereocenters. The topological polar surface area (TPSA) is 98.0 Å². The number of anilines is 1. The summed E-state index contributed by atoms with van der Waals surface area (Å²) in [6, 6.07) is 17.4. The van der Waals surface area contributed by atoms with Gasteiger partial charge in [-0.15, -0.1) is 0 Å². The highest BCUT2D eigenvalue weighted by Gasteiger charge is 2.24. The number of carbonyl (C=O) groups is 1. The van der Waals surface area contributed by atoms with E-state index in [9.17, 15) is 14.9 Å². The van der Waals surface area contributed by atoms with E-state index in [1.165, 1.54) is 12.1 Å². The predicted molar refractivity (Wildman–Crippen MR) is 124 cm³/mol. The molecule has 9 heteroatoms. The average Bonchev–Trinajstić information content (AvgIpc) is 2.88. The van der Waals surface area contributed by atoms with Gasteiger partial charge in [0, 0.05) is 49.6 Å². The fraction of sp³-hybridized carbons (Fsp3) is 0.250. The summed E-state index contributed by atoms with van der Waals surface area (Å²) in [6.45, 7) is 2.36. The van der Waals surface area contributed by atoms with Crippen molar-refractivity contribution < 1.29 is 19.2 Å². The number of nitro groups is 1. The van der Waals surface area contributed by atoms with Gasteiger partial charge in [0.25, 0.3) is 11.6 Å². The number of carbonyl (C=O) groups excluding carboxylic acids is 1. The molecule has 1 aliphatic heterocycles. The standard InChI is InChI=1S/C24H24N4O5/c1-32-22-11-6-17(16-23(22)33-2)20-4-3-5-21(25-20)24(29)27-14-12-26(13-15-27)18-7-9-19(10-8-18)28(30)31/h3-11,16H,12-15H2,1-2H3. The highest BCUT2D eigenvalue weighted by atomic mass is 16.6. The third-order valence-corrected chi connectivity index (χ3v) is 5.64. The van der Waals surface area contributed by atoms with Crippen LogP contribution in [0.15, 0.2) is 60.7 Å². The third-order valence-electron chi connectivity index (χ3n) is 5.64. The minimum atomic E-state index is -0.413. The van der Waals surface area contributed by atoms with Crippen LogP contribution in [-0.4, -0.2) is 61.1 Å². The summed E-state index contributed by atoms with van der Waals surface area (Å²) in [7, 11) is 3.15. The highest BCUT2D eigenvalue weighted by molar-refractivity contribution is 5.93. The molecule has 1 amide bonds. The smallest absolute Gasteiger partial charge is 0.272 e. The molecule has 33 heavy (non-hydrogen) atoms. The van der Waals surface area contributed by atoms with Crippen molar-refractivity contribution in [3.05, 3.63) is 76.5 Å². The molecule has 1 saturated heterocycles. The summed E-state index contributed by atoms with van der Waals surface area (Å²) in [4.78, 5) is 32.0. The molecule has 0 bridgehead atoms. The van der Waals surface area contributed by atoms with Gasteiger partial charge < -0.3 is 19.3 Å². The van der Waals surface area contributed by atoms with E-state index in [0.29, 0.717) is 49.1 Å². The van der Waals surface area contributed by atoms with Crippen LogP contribution in [-0.2, 0) is 0 Å². The van der Waals surface area contributed by atoms with Crippen LogP contribution in [0.1, 0.15) is 10.5 Å². The number of methoxy groups -OCH3 is 2. The lowest BCUT2D eigenvalue weighted by Crippen LogP contribution is -2.49. The maximum Gasteiger partial charge on any atom is 0.272 e. The van der Waals surface area contributed by atoms with Gasteiger partial charge in [0.2, 0.25) is 0 Å². The normalized spacial score (nSPS) is 13.5. The Labute approximate surface area is 191 Å². The molecule has 1 fully saturated rings. The van der Waals surface area contributed by atoms with Gasteiger partial charge in [0.15, 0.2) is 11.5 Å². The van der Waals surface area contributed by atoms with Crippen molar-refractivity contribution in [1.29, 1.82) is 0 Å². The lowest BCUT2D eigenvalue weighted by atomic mass is 10.1. The Morgan fingerprint density at radius 1 is 0.939 bits per heavy atom. The van der Waals surface area contributed by atoms with E-state index in [1.54, 1.807) is 37.3 Å². The lowest BCUT2D eigenvalue weighted by Gasteiger charge is -2.36. The molecule has 1 aliphatic rings. The molecule has 2 aromatic carbocycles. The lowest BCUT2D eigenvalue weighted by molar-refractivity contribution is -0.384. The molecule has 0 spiro atoms. The largest absolute Gasteiger partial charge is 0.493 e. The van der Waals surface area contributed by atoms with E-state index in [-0.39, 0.29) is 11.6 Å². The van der Waals surface area contributed by atoms with Crippen LogP contribution in [0.3, 0.4) is 0 Å². The molecule has 0 atom stereocenters. The summed E-state index contributed by atoms with van der Waals surface area (Å²) < 4.78 is 10.7. The first kappa shape index (κ1) is 22.1. The predicted octanol–water partition coefficient (Wildman–Crippen LogP) is 3.64. The van der Waals surface area contributed by atoms with Gasteiger partial charge in [-0.2, -0.15) is 0 Å². The minimum Gasteiger partial charge on any atom is -0.493 e. The number of rotatable bonds is 6. The zero-order chi connectivity index (χ0) is 23.4. The van der Waals surface area contributed by atoms with Crippen molar-refractivity contribution in [2.45, 2.75) is 0 Å². The Bertz CT molecular complexity index is 1160. The maximum absolute atomic E-state index is 13.1. The van der Waals surface area contributed by atoms with Gasteiger partial charge in [-0.1, -0.05) is 6.07 Å². The molecule has 0 saturated carbocycles. The fourth-order valence-corrected chi connectivity index (χ4v) is 3.83. The van der Waals surface area contributed by atoms with Gasteiger partial charge in [-0.25, -0.2) is 4.98 Å². The summed E-state index contributed by atoms with van der Waals surface area (Å²) in [5.41, 5.74) is 2.84. The first-order valence-electron chi connectivity index (χ1n) is 10.5. The van der Waals surface area contributed by atoms with Crippen molar-refractivity contribution in [3.63, 3.8) is 0 Å². The van der Waals surface area contributed by atoms with Gasteiger partial charge in [0.1, 0.15) is 5.69 Å². The number of ether oxygens (including phenoxy) is 2. The van der Waals surface area contributed by atoms with E-state index in [1.807, 2.05) is 30.3 Å². The van der Waals surface area contributed by atoms with E-state index in [2.05, 4.69) is 9.88 Å². The summed E-state index contributed by atoms with van der Waals surface area (Å²) in [5.74, 6) is 1.09. The molecule has 2 heterocycles. The van der Waals surface area contributed by atoms with Crippen molar-refractivity contribution in [1.82, 2.24) is 9.88 Å². The summed E-state index contributed by atoms with van der Waals surface area (Å²) >= 11 is 0. The fourth-order valence-electron chi connectivity index (χ4n) is 3.83. The molecule has 0 aliphatic carbocycles. The number of hydrogen-bond acceptors (Lipinski definition) is 7. The van der Waals surface area contributed by atoms with E-state index in [4.69, 9.17) is 9.47 Å². The molecule has 4 rings (SSSR count). The molecular weight excluding hydrogens is 424 g/mol. The van der Waals surface area contributed by atoms with Crippen molar-refractivity contribution >= 4 is 17.3 Å². The van der Waals surface area contributed by atoms with Crippen LogP contribution in [0.4, 0.5) is 11.4 Å². The second kappa shape index (κ2) is 9.56. The number of pyridine rings is 1. The maximum atomic E-state index is 13.1. The van der Waals surface area contributed by atoms with Crippen LogP contribution < -0.4 is 14.4 Å². The SMILES string of the molecule is COc1ccc(-c2cccc(C(=O)N3CCN(c4ccc([N+](=O)[O-])cc4)CC3)n2)cc1OC. The number of amides is 1. The molecule has 0 radical (unpaired) electrons. The highest BCUT2D eigenvalue weighted by Crippen LogP contribution is 2.31. The monoisotopic (exact) mass is 448 g/mol. The zero-order valence-electron chi connectivity index (χ0n) is 18.4. The number of nitro benzene ring substituents is 1. The molecule has 170 valence electrons. The first-order chi connectivity index (χ1) is 16.0. The second-order valence-electron chi connectivity index (χ2n) is 7.53. The van der Waals surface area contributed by atoms with Crippen LogP contribution in [0.25, 0.3) is 11.3 Å². The number of non-ortho nitro benzene ring substituents is 1. The van der Waals surface area contributed by atoms with Gasteiger partial charge in [0.05, 0.1) is 24.8 Å². The summed E-state index contributed by atoms with van der Waals surface area (Å²) in [6.07, 6.45) is 0. The Morgan fingerprint density at radius 3 is 2.27 bits per heavy atom. The molecular formula is C24H24N4O5. The average molecular weight is 448 g/mol. The quantitative estimate of drug-likeness (QED) is 0.419. The van der Waals surface area contributed by atoms with Gasteiger partial charge >= 0.3 is 0 Å². The zero-order valence-corrected chi connectivity index (χ0v) is 18.4. The van der Waals surface area contributed by atoms with E-state index < -0.39 is 4.92 Å². The number of benzene rings is 2. The van der Waals surface area contributed by atoms with Crippen molar-refractivity contribution in [2.24, 2.45) is 0 Å². The number of nitrogens with zero attached hydrogens (tertiary/aromatic N) is 4. The number of hydrogen-bond donors (Lipinski definition) is 0. The second-order valence-corrected chi connectivity index (χ2v) is 7.53. The Balaban J connectivity index is 1.45. The molecule has 3 aromatic rings. The van der Waals surface area contributed by atoms with Crippen LogP contribution in [0.5, 0.6) is 11.5 Å². The molecule has 0 N–H and O–H groups in total. The van der Waals surface area contributed by atoms with Gasteiger partial charge in [-0.05, 0) is 42.5 Å². The van der Waals surface area contributed by atoms with Crippen LogP contribution >= 0.6 is 0 Å². The summed E-state index contributed by atoms with van der Waals surface area (Å²) in [5, 5.41) is 10.8. The van der Waals surface area contributed by atoms with Crippen LogP contribution in [0, 0.1) is 10.1 Å². The van der Waals surface area contributed by atoms with E-state index in [0.717, 1.165) is 11.3 Å². The van der Waals surface area contributed by atoms with Crippen LogP contribution in [0.2, 0.25) is 0 Å². The van der Waals surface area contributed by atoms with Crippen molar-refractivity contribution in [3.8, 4) is 22.8 Å². The Kier molecular flexibility index (Phi) is 6.39. The molecule has 1 aromatic heterocycles. The molecule has 9 nitrogen and oxygen atoms in total. The van der Waals surface area contributed by atoms with E-state index >= 15 is 0 Å². The number of aromatic nitrogens is 1. The minimum absolute atomic E-state index is 0.0630. The van der Waals surface area contributed by atoms with Crippen molar-refractivity contribution in [2.75, 3.05) is 45.3 Å². The third kappa shape index (κ3) is 4.72. The van der Waals surface area contributed by atoms with Gasteiger partial charge in [-0.3, -0.25) is 14.9 Å². The first-order valence-corrected chi connectivity index (χ1v) is 10.5. The Hall–Kier alpha value is -4.14. The number of piperazine rings is 1. The Morgan fingerprint density at radius 2 is 1.64 bits per heavy atom.